The summed E-state index contributed by atoms with van der Waals surface area (Å²) < 4.78 is 0. The summed E-state index contributed by atoms with van der Waals surface area (Å²) in [4.78, 5) is 9.53. The topological polar surface area (TPSA) is 37.8 Å². The highest BCUT2D eigenvalue weighted by Crippen LogP contribution is 2.42. The number of nitrogens with zero attached hydrogens (tertiary/aromatic N) is 2. The van der Waals surface area contributed by atoms with Crippen LogP contribution < -0.4 is 5.32 Å². The highest BCUT2D eigenvalue weighted by atomic mass is 15.0. The van der Waals surface area contributed by atoms with E-state index < -0.39 is 0 Å². The van der Waals surface area contributed by atoms with Gasteiger partial charge in [-0.1, -0.05) is 13.3 Å². The lowest BCUT2D eigenvalue weighted by Gasteiger charge is -2.12. The monoisotopic (exact) mass is 245 g/mol. The molecule has 0 aromatic carbocycles. The van der Waals surface area contributed by atoms with Gasteiger partial charge in [-0.2, -0.15) is 0 Å². The Kier molecular flexibility index (Phi) is 3.23. The van der Waals surface area contributed by atoms with Crippen LogP contribution in [0.4, 0.5) is 5.82 Å². The molecule has 1 aromatic heterocycles. The van der Waals surface area contributed by atoms with E-state index in [9.17, 15) is 0 Å². The van der Waals surface area contributed by atoms with Crippen molar-refractivity contribution >= 4 is 5.82 Å². The number of hydrogen-bond donors (Lipinski definition) is 1. The summed E-state index contributed by atoms with van der Waals surface area (Å²) in [5, 5.41) is 3.19. The molecule has 0 aliphatic heterocycles. The molecule has 0 amide bonds. The van der Waals surface area contributed by atoms with E-state index in [4.69, 9.17) is 9.97 Å². The lowest BCUT2D eigenvalue weighted by atomic mass is 10.0. The molecular weight excluding hydrogens is 222 g/mol. The highest BCUT2D eigenvalue weighted by molar-refractivity contribution is 5.38. The zero-order valence-electron chi connectivity index (χ0n) is 11.4. The Labute approximate surface area is 109 Å². The van der Waals surface area contributed by atoms with Crippen LogP contribution in [0.25, 0.3) is 0 Å². The Hall–Kier alpha value is -1.12. The summed E-state index contributed by atoms with van der Waals surface area (Å²) in [6.45, 7) is 2.30. The molecule has 2 unspecified atom stereocenters. The van der Waals surface area contributed by atoms with E-state index in [1.807, 2.05) is 7.05 Å². The van der Waals surface area contributed by atoms with Gasteiger partial charge in [0.1, 0.15) is 11.6 Å². The standard InChI is InChI=1S/C15H23N3/c1-3-10-4-5-12(8-10)15-17-13(11-6-7-11)9-14(16-2)18-15/h9-12H,3-8H2,1-2H3,(H,16,17,18). The smallest absolute Gasteiger partial charge is 0.134 e. The summed E-state index contributed by atoms with van der Waals surface area (Å²) in [6, 6.07) is 2.13. The Morgan fingerprint density at radius 3 is 2.56 bits per heavy atom. The summed E-state index contributed by atoms with van der Waals surface area (Å²) in [6.07, 6.45) is 7.83. The fraction of sp³-hybridized carbons (Fsp3) is 0.733. The molecule has 98 valence electrons. The normalized spacial score (nSPS) is 27.4. The summed E-state index contributed by atoms with van der Waals surface area (Å²) in [7, 11) is 1.95. The molecular formula is C15H23N3. The molecule has 2 atom stereocenters. The van der Waals surface area contributed by atoms with Crippen molar-refractivity contribution in [2.24, 2.45) is 5.92 Å². The third-order valence-electron chi connectivity index (χ3n) is 4.50. The first kappa shape index (κ1) is 11.9. The summed E-state index contributed by atoms with van der Waals surface area (Å²) in [5.41, 5.74) is 1.27. The van der Waals surface area contributed by atoms with Crippen molar-refractivity contribution in [3.63, 3.8) is 0 Å². The van der Waals surface area contributed by atoms with Gasteiger partial charge >= 0.3 is 0 Å². The SMILES string of the molecule is CCC1CCC(c2nc(NC)cc(C3CC3)n2)C1. The van der Waals surface area contributed by atoms with Crippen molar-refractivity contribution in [2.45, 2.75) is 57.3 Å². The van der Waals surface area contributed by atoms with Gasteiger partial charge in [-0.15, -0.1) is 0 Å². The predicted octanol–water partition coefficient (Wildman–Crippen LogP) is 3.69. The molecule has 1 heterocycles. The first-order valence-corrected chi connectivity index (χ1v) is 7.36. The molecule has 1 aromatic rings. The maximum absolute atomic E-state index is 4.84. The Morgan fingerprint density at radius 2 is 1.94 bits per heavy atom. The third-order valence-corrected chi connectivity index (χ3v) is 4.50. The molecule has 2 fully saturated rings. The van der Waals surface area contributed by atoms with Gasteiger partial charge in [0.05, 0.1) is 0 Å². The number of rotatable bonds is 4. The van der Waals surface area contributed by atoms with Gasteiger partial charge in [0.2, 0.25) is 0 Å². The average molecular weight is 245 g/mol. The van der Waals surface area contributed by atoms with Crippen molar-refractivity contribution in [3.05, 3.63) is 17.6 Å². The molecule has 2 aliphatic rings. The summed E-state index contributed by atoms with van der Waals surface area (Å²) >= 11 is 0. The van der Waals surface area contributed by atoms with Gasteiger partial charge in [-0.25, -0.2) is 9.97 Å². The number of hydrogen-bond acceptors (Lipinski definition) is 3. The van der Waals surface area contributed by atoms with Crippen LogP contribution in [0.15, 0.2) is 6.07 Å². The minimum absolute atomic E-state index is 0.598. The first-order valence-electron chi connectivity index (χ1n) is 7.36. The molecule has 0 saturated heterocycles. The van der Waals surface area contributed by atoms with Crippen LogP contribution in [0, 0.1) is 5.92 Å². The average Bonchev–Trinajstić information content (AvgIpc) is 3.16. The lowest BCUT2D eigenvalue weighted by molar-refractivity contribution is 0.516. The lowest BCUT2D eigenvalue weighted by Crippen LogP contribution is -2.07. The van der Waals surface area contributed by atoms with Crippen molar-refractivity contribution in [2.75, 3.05) is 12.4 Å². The maximum Gasteiger partial charge on any atom is 0.134 e. The minimum atomic E-state index is 0.598. The van der Waals surface area contributed by atoms with E-state index in [1.165, 1.54) is 44.2 Å². The van der Waals surface area contributed by atoms with Crippen LogP contribution in [-0.2, 0) is 0 Å². The third kappa shape index (κ3) is 2.36. The van der Waals surface area contributed by atoms with E-state index in [2.05, 4.69) is 18.3 Å². The maximum atomic E-state index is 4.84. The van der Waals surface area contributed by atoms with E-state index >= 15 is 0 Å². The van der Waals surface area contributed by atoms with Crippen molar-refractivity contribution in [1.29, 1.82) is 0 Å². The molecule has 3 rings (SSSR count). The van der Waals surface area contributed by atoms with Gasteiger partial charge in [-0.3, -0.25) is 0 Å². The Bertz CT molecular complexity index is 426. The highest BCUT2D eigenvalue weighted by Gasteiger charge is 2.30. The minimum Gasteiger partial charge on any atom is -0.373 e. The van der Waals surface area contributed by atoms with Gasteiger partial charge < -0.3 is 5.32 Å². The van der Waals surface area contributed by atoms with Crippen LogP contribution in [0.1, 0.15) is 68.8 Å². The molecule has 3 nitrogen and oxygen atoms in total. The zero-order chi connectivity index (χ0) is 12.5. The molecule has 2 saturated carbocycles. The van der Waals surface area contributed by atoms with Crippen LogP contribution in [0.5, 0.6) is 0 Å². The molecule has 0 bridgehead atoms. The Morgan fingerprint density at radius 1 is 1.17 bits per heavy atom. The summed E-state index contributed by atoms with van der Waals surface area (Å²) in [5.74, 6) is 4.30. The van der Waals surface area contributed by atoms with Crippen molar-refractivity contribution in [1.82, 2.24) is 9.97 Å². The molecule has 1 N–H and O–H groups in total. The van der Waals surface area contributed by atoms with Gasteiger partial charge in [0.15, 0.2) is 0 Å². The molecule has 3 heteroatoms. The van der Waals surface area contributed by atoms with Crippen LogP contribution in [0.3, 0.4) is 0 Å². The number of nitrogens with one attached hydrogen (secondary N) is 1. The second kappa shape index (κ2) is 4.87. The largest absolute Gasteiger partial charge is 0.373 e. The van der Waals surface area contributed by atoms with Gasteiger partial charge in [0.25, 0.3) is 0 Å². The van der Waals surface area contributed by atoms with E-state index in [0.29, 0.717) is 11.8 Å². The number of anilines is 1. The Balaban J connectivity index is 1.84. The number of aromatic nitrogens is 2. The first-order chi connectivity index (χ1) is 8.80. The molecule has 2 aliphatic carbocycles. The van der Waals surface area contributed by atoms with Crippen molar-refractivity contribution < 1.29 is 0 Å². The van der Waals surface area contributed by atoms with Gasteiger partial charge in [0, 0.05) is 30.6 Å². The van der Waals surface area contributed by atoms with Gasteiger partial charge in [-0.05, 0) is 38.0 Å². The van der Waals surface area contributed by atoms with Crippen LogP contribution in [0.2, 0.25) is 0 Å². The molecule has 0 radical (unpaired) electrons. The van der Waals surface area contributed by atoms with Crippen LogP contribution >= 0.6 is 0 Å². The molecule has 0 spiro atoms. The van der Waals surface area contributed by atoms with E-state index in [1.54, 1.807) is 0 Å². The van der Waals surface area contributed by atoms with E-state index in [0.717, 1.165) is 17.6 Å². The van der Waals surface area contributed by atoms with Crippen LogP contribution in [-0.4, -0.2) is 17.0 Å². The fourth-order valence-electron chi connectivity index (χ4n) is 3.06. The second-order valence-electron chi connectivity index (χ2n) is 5.84. The second-order valence-corrected chi connectivity index (χ2v) is 5.84. The quantitative estimate of drug-likeness (QED) is 0.879. The zero-order valence-corrected chi connectivity index (χ0v) is 11.4. The van der Waals surface area contributed by atoms with E-state index in [-0.39, 0.29) is 0 Å². The molecule has 18 heavy (non-hydrogen) atoms. The fourth-order valence-corrected chi connectivity index (χ4v) is 3.06. The van der Waals surface area contributed by atoms with Crippen molar-refractivity contribution in [3.8, 4) is 0 Å². The predicted molar refractivity (Wildman–Crippen MR) is 73.9 cm³/mol.